The van der Waals surface area contributed by atoms with E-state index >= 15 is 4.39 Å². The van der Waals surface area contributed by atoms with Gasteiger partial charge in [0, 0.05) is 61.5 Å². The fourth-order valence-corrected chi connectivity index (χ4v) is 9.02. The summed E-state index contributed by atoms with van der Waals surface area (Å²) < 4.78 is 21.3. The third-order valence-corrected chi connectivity index (χ3v) is 11.3. The minimum absolute atomic E-state index is 0.299. The summed E-state index contributed by atoms with van der Waals surface area (Å²) in [5.41, 5.74) is 7.17. The van der Waals surface area contributed by atoms with Gasteiger partial charge >= 0.3 is 0 Å². The zero-order chi connectivity index (χ0) is 32.1. The van der Waals surface area contributed by atoms with Gasteiger partial charge in [0.2, 0.25) is 0 Å². The summed E-state index contributed by atoms with van der Waals surface area (Å²) >= 11 is 1.78. The molecule has 6 heteroatoms. The van der Waals surface area contributed by atoms with E-state index in [1.54, 1.807) is 17.5 Å². The molecular formula is C42H29FN4S. The van der Waals surface area contributed by atoms with Crippen molar-refractivity contribution in [2.45, 2.75) is 25.4 Å². The molecule has 0 fully saturated rings. The molecule has 0 aliphatic carbocycles. The Morgan fingerprint density at radius 2 is 1.50 bits per heavy atom. The zero-order valence-corrected chi connectivity index (χ0v) is 27.2. The van der Waals surface area contributed by atoms with Crippen molar-refractivity contribution in [3.8, 4) is 0 Å². The largest absolute Gasteiger partial charge is 0.299 e. The number of alkyl halides is 1. The maximum atomic E-state index is 16.8. The van der Waals surface area contributed by atoms with E-state index in [0.717, 1.165) is 44.5 Å². The highest BCUT2D eigenvalue weighted by atomic mass is 32.1. The molecule has 1 aliphatic rings. The summed E-state index contributed by atoms with van der Waals surface area (Å²) in [4.78, 5) is 12.0. The lowest BCUT2D eigenvalue weighted by atomic mass is 9.73. The topological polar surface area (TPSA) is 33.4 Å². The van der Waals surface area contributed by atoms with Crippen LogP contribution in [0.1, 0.15) is 42.3 Å². The number of para-hydroxylation sites is 2. The average Bonchev–Trinajstić information content (AvgIpc) is 3.77. The van der Waals surface area contributed by atoms with Crippen LogP contribution in [0.15, 0.2) is 134 Å². The fourth-order valence-electron chi connectivity index (χ4n) is 7.94. The first kappa shape index (κ1) is 27.5. The van der Waals surface area contributed by atoms with E-state index < -0.39 is 6.17 Å². The zero-order valence-electron chi connectivity index (χ0n) is 26.4. The number of aromatic nitrogens is 3. The third kappa shape index (κ3) is 3.75. The van der Waals surface area contributed by atoms with Crippen molar-refractivity contribution in [3.05, 3.63) is 156 Å². The lowest BCUT2D eigenvalue weighted by molar-refractivity contribution is 0.402. The number of hydrogen-bond donors (Lipinski definition) is 0. The number of hydrogen-bond acceptors (Lipinski definition) is 4. The number of imidazole rings is 1. The van der Waals surface area contributed by atoms with Gasteiger partial charge in [-0.2, -0.15) is 0 Å². The van der Waals surface area contributed by atoms with E-state index in [4.69, 9.17) is 4.98 Å². The molecule has 0 amide bonds. The first-order chi connectivity index (χ1) is 23.5. The maximum absolute atomic E-state index is 16.8. The number of fused-ring (bicyclic) bond motifs is 12. The van der Waals surface area contributed by atoms with E-state index in [1.807, 2.05) is 60.9 Å². The lowest BCUT2D eigenvalue weighted by Crippen LogP contribution is -2.31. The highest BCUT2D eigenvalue weighted by Crippen LogP contribution is 2.55. The molecule has 9 aromatic rings. The molecule has 0 spiro atoms. The van der Waals surface area contributed by atoms with Gasteiger partial charge in [0.15, 0.2) is 6.17 Å². The summed E-state index contributed by atoms with van der Waals surface area (Å²) in [5.74, 6) is 0.890. The van der Waals surface area contributed by atoms with E-state index in [2.05, 4.69) is 94.9 Å². The number of rotatable bonds is 3. The molecule has 0 bridgehead atoms. The van der Waals surface area contributed by atoms with E-state index in [9.17, 15) is 0 Å². The van der Waals surface area contributed by atoms with Crippen LogP contribution in [0.2, 0.25) is 0 Å². The van der Waals surface area contributed by atoms with Crippen molar-refractivity contribution in [2.24, 2.45) is 0 Å². The summed E-state index contributed by atoms with van der Waals surface area (Å²) in [6, 6.07) is 39.3. The minimum atomic E-state index is -1.33. The van der Waals surface area contributed by atoms with Gasteiger partial charge in [-0.25, -0.2) is 14.4 Å². The van der Waals surface area contributed by atoms with Crippen molar-refractivity contribution < 1.29 is 4.39 Å². The van der Waals surface area contributed by atoms with Crippen molar-refractivity contribution >= 4 is 76.0 Å². The van der Waals surface area contributed by atoms with E-state index in [0.29, 0.717) is 11.1 Å². The molecule has 48 heavy (non-hydrogen) atoms. The Hall–Kier alpha value is -5.59. The van der Waals surface area contributed by atoms with Gasteiger partial charge in [-0.15, -0.1) is 11.3 Å². The Labute approximate surface area is 280 Å². The van der Waals surface area contributed by atoms with Crippen LogP contribution in [0.4, 0.5) is 21.6 Å². The van der Waals surface area contributed by atoms with Crippen LogP contribution in [-0.4, -0.2) is 14.4 Å². The molecule has 4 aromatic heterocycles. The van der Waals surface area contributed by atoms with Gasteiger partial charge in [-0.05, 0) is 58.5 Å². The maximum Gasteiger partial charge on any atom is 0.150 e. The number of thiophene rings is 1. The minimum Gasteiger partial charge on any atom is -0.299 e. The lowest BCUT2D eigenvalue weighted by Gasteiger charge is -2.41. The van der Waals surface area contributed by atoms with Crippen LogP contribution in [-0.2, 0) is 5.41 Å². The van der Waals surface area contributed by atoms with Crippen LogP contribution in [0.3, 0.4) is 0 Å². The van der Waals surface area contributed by atoms with Crippen LogP contribution in [0, 0.1) is 0 Å². The molecule has 0 saturated heterocycles. The van der Waals surface area contributed by atoms with Crippen LogP contribution in [0.5, 0.6) is 0 Å². The Bertz CT molecular complexity index is 2760. The molecule has 230 valence electrons. The predicted octanol–water partition coefficient (Wildman–Crippen LogP) is 11.6. The van der Waals surface area contributed by atoms with Gasteiger partial charge in [-0.1, -0.05) is 92.7 Å². The monoisotopic (exact) mass is 640 g/mol. The van der Waals surface area contributed by atoms with Crippen molar-refractivity contribution in [1.82, 2.24) is 14.4 Å². The summed E-state index contributed by atoms with van der Waals surface area (Å²) in [5, 5.41) is 5.62. The summed E-state index contributed by atoms with van der Waals surface area (Å²) in [6.45, 7) is 4.59. The molecule has 0 radical (unpaired) electrons. The average molecular weight is 641 g/mol. The van der Waals surface area contributed by atoms with Crippen molar-refractivity contribution in [2.75, 3.05) is 4.90 Å². The fraction of sp³-hybridized carbons (Fsp3) is 0.0952. The Morgan fingerprint density at radius 3 is 2.42 bits per heavy atom. The molecule has 4 nitrogen and oxygen atoms in total. The standard InChI is InChI=1S/C42H29FN4S/c1-42(2)32-14-5-7-16-34(32)47(41-38(42)37-30-13-4-8-17-35(30)48-36(37)24-45-41)27-11-9-10-25(22-27)39(43)26-18-19-28-29-12-3-6-15-33(29)46-21-20-44-40(46)31(28)23-26/h3-24,39H,1-2H3. The molecule has 1 unspecified atom stereocenters. The Balaban J connectivity index is 1.15. The second-order valence-corrected chi connectivity index (χ2v) is 14.3. The first-order valence-corrected chi connectivity index (χ1v) is 17.0. The molecular weight excluding hydrogens is 612 g/mol. The van der Waals surface area contributed by atoms with E-state index in [1.165, 1.54) is 31.3 Å². The molecule has 10 rings (SSSR count). The van der Waals surface area contributed by atoms with E-state index in [-0.39, 0.29) is 5.41 Å². The highest BCUT2D eigenvalue weighted by molar-refractivity contribution is 7.25. The molecule has 5 aromatic carbocycles. The molecule has 0 saturated carbocycles. The molecule has 1 atom stereocenters. The predicted molar refractivity (Wildman–Crippen MR) is 197 cm³/mol. The van der Waals surface area contributed by atoms with Gasteiger partial charge in [0.05, 0.1) is 15.9 Å². The first-order valence-electron chi connectivity index (χ1n) is 16.2. The third-order valence-electron chi connectivity index (χ3n) is 10.1. The van der Waals surface area contributed by atoms with Gasteiger partial charge in [0.1, 0.15) is 11.5 Å². The number of halogens is 1. The SMILES string of the molecule is CC1(C)c2ccccc2N(c2cccc(C(F)c3ccc4c5ccccc5n5ccnc5c4c3)c2)c2ncc3sc4ccccc4c3c21. The second-order valence-electron chi connectivity index (χ2n) is 13.2. The quantitative estimate of drug-likeness (QED) is 0.180. The number of benzene rings is 5. The molecule has 5 heterocycles. The summed E-state index contributed by atoms with van der Waals surface area (Å²) in [7, 11) is 0. The molecule has 1 aliphatic heterocycles. The number of anilines is 3. The van der Waals surface area contributed by atoms with Crippen molar-refractivity contribution in [1.29, 1.82) is 0 Å². The molecule has 0 N–H and O–H groups in total. The second kappa shape index (κ2) is 9.96. The van der Waals surface area contributed by atoms with Gasteiger partial charge < -0.3 is 0 Å². The normalized spacial score (nSPS) is 14.6. The van der Waals surface area contributed by atoms with Crippen LogP contribution in [0.25, 0.3) is 47.5 Å². The smallest absolute Gasteiger partial charge is 0.150 e. The Kier molecular flexibility index (Phi) is 5.71. The van der Waals surface area contributed by atoms with Gasteiger partial charge in [0.25, 0.3) is 0 Å². The van der Waals surface area contributed by atoms with Crippen molar-refractivity contribution in [3.63, 3.8) is 0 Å². The summed E-state index contributed by atoms with van der Waals surface area (Å²) in [6.07, 6.45) is 4.45. The number of pyridine rings is 2. The highest BCUT2D eigenvalue weighted by Gasteiger charge is 2.40. The Morgan fingerprint density at radius 1 is 0.708 bits per heavy atom. The van der Waals surface area contributed by atoms with Crippen LogP contribution >= 0.6 is 11.3 Å². The van der Waals surface area contributed by atoms with Gasteiger partial charge in [-0.3, -0.25) is 9.30 Å². The number of nitrogens with zero attached hydrogens (tertiary/aromatic N) is 4. The van der Waals surface area contributed by atoms with Crippen LogP contribution < -0.4 is 4.90 Å².